The van der Waals surface area contributed by atoms with E-state index in [9.17, 15) is 14.4 Å². The zero-order chi connectivity index (χ0) is 9.56. The molecule has 1 rings (SSSR count). The van der Waals surface area contributed by atoms with Crippen LogP contribution in [0.4, 0.5) is 0 Å². The van der Waals surface area contributed by atoms with Crippen molar-refractivity contribution in [2.45, 2.75) is 13.3 Å². The summed E-state index contributed by atoms with van der Waals surface area (Å²) in [5, 5.41) is 12.3. The predicted molar refractivity (Wildman–Crippen MR) is 39.1 cm³/mol. The van der Waals surface area contributed by atoms with Gasteiger partial charge in [-0.15, -0.1) is 0 Å². The van der Waals surface area contributed by atoms with Gasteiger partial charge in [-0.3, -0.25) is 14.4 Å². The average Bonchev–Trinajstić information content (AvgIpc) is 2.37. The van der Waals surface area contributed by atoms with E-state index in [-0.39, 0.29) is 13.1 Å². The summed E-state index contributed by atoms with van der Waals surface area (Å²) in [6.07, 6.45) is 0.222. The lowest BCUT2D eigenvalue weighted by Crippen LogP contribution is -2.19. The number of amides is 2. The molecule has 0 aromatic rings. The van der Waals surface area contributed by atoms with Crippen LogP contribution in [0.25, 0.3) is 0 Å². The average molecular weight is 174 g/mol. The quantitative estimate of drug-likeness (QED) is 0.429. The van der Waals surface area contributed by atoms with Crippen LogP contribution in [-0.2, 0) is 14.4 Å². The molecule has 0 unspecified atom stereocenters. The van der Waals surface area contributed by atoms with Crippen LogP contribution in [0.2, 0.25) is 0 Å². The summed E-state index contributed by atoms with van der Waals surface area (Å²) in [4.78, 5) is 29.5. The zero-order valence-corrected chi connectivity index (χ0v) is 6.59. The third-order valence-corrected chi connectivity index (χ3v) is 1.01. The summed E-state index contributed by atoms with van der Waals surface area (Å²) in [5.74, 6) is -1.83. The summed E-state index contributed by atoms with van der Waals surface area (Å²) in [6, 6.07) is 0. The van der Waals surface area contributed by atoms with Gasteiger partial charge in [0.15, 0.2) is 0 Å². The van der Waals surface area contributed by atoms with Crippen molar-refractivity contribution in [2.75, 3.05) is 6.67 Å². The van der Waals surface area contributed by atoms with Crippen molar-refractivity contribution in [1.82, 2.24) is 10.6 Å². The van der Waals surface area contributed by atoms with E-state index in [4.69, 9.17) is 5.11 Å². The molecule has 12 heavy (non-hydrogen) atoms. The van der Waals surface area contributed by atoms with Gasteiger partial charge in [-0.1, -0.05) is 6.92 Å². The second-order valence-electron chi connectivity index (χ2n) is 1.94. The molecule has 0 aromatic heterocycles. The van der Waals surface area contributed by atoms with E-state index in [0.29, 0.717) is 0 Å². The van der Waals surface area contributed by atoms with Crippen molar-refractivity contribution in [3.63, 3.8) is 0 Å². The topological polar surface area (TPSA) is 95.5 Å². The molecule has 0 bridgehead atoms. The summed E-state index contributed by atoms with van der Waals surface area (Å²) in [5.41, 5.74) is 0. The fourth-order valence-electron chi connectivity index (χ4n) is 0.365. The van der Waals surface area contributed by atoms with Gasteiger partial charge in [-0.2, -0.15) is 0 Å². The highest BCUT2D eigenvalue weighted by atomic mass is 16.4. The van der Waals surface area contributed by atoms with Gasteiger partial charge in [0.1, 0.15) is 0 Å². The Hall–Kier alpha value is -1.59. The summed E-state index contributed by atoms with van der Waals surface area (Å²) in [6.45, 7) is 1.87. The molecule has 0 radical (unpaired) electrons. The third-order valence-electron chi connectivity index (χ3n) is 1.01. The smallest absolute Gasteiger partial charge is 0.310 e. The first-order chi connectivity index (χ1) is 5.57. The molecule has 1 heterocycles. The summed E-state index contributed by atoms with van der Waals surface area (Å²) in [7, 11) is 0. The van der Waals surface area contributed by atoms with Gasteiger partial charge in [0.2, 0.25) is 0 Å². The molecule has 0 spiro atoms. The number of carboxylic acids is 1. The Kier molecular flexibility index (Phi) is 4.43. The maximum atomic E-state index is 10.1. The molecule has 1 aliphatic rings. The van der Waals surface area contributed by atoms with Gasteiger partial charge in [0, 0.05) is 6.42 Å². The lowest BCUT2D eigenvalue weighted by molar-refractivity contribution is -0.136. The largest absolute Gasteiger partial charge is 0.481 e. The lowest BCUT2D eigenvalue weighted by Gasteiger charge is -1.77. The Labute approximate surface area is 68.9 Å². The molecule has 1 aliphatic heterocycles. The molecular formula is C6H10N2O4. The highest BCUT2D eigenvalue weighted by molar-refractivity contribution is 6.36. The Morgan fingerprint density at radius 3 is 1.83 bits per heavy atom. The van der Waals surface area contributed by atoms with E-state index in [0.717, 1.165) is 0 Å². The molecule has 1 saturated heterocycles. The van der Waals surface area contributed by atoms with E-state index < -0.39 is 17.8 Å². The predicted octanol–water partition coefficient (Wildman–Crippen LogP) is -1.33. The minimum atomic E-state index is -0.745. The van der Waals surface area contributed by atoms with E-state index in [1.807, 2.05) is 0 Å². The van der Waals surface area contributed by atoms with Gasteiger partial charge >= 0.3 is 17.8 Å². The van der Waals surface area contributed by atoms with Gasteiger partial charge in [-0.25, -0.2) is 0 Å². The highest BCUT2D eigenvalue weighted by Crippen LogP contribution is 1.72. The first-order valence-electron chi connectivity index (χ1n) is 3.35. The van der Waals surface area contributed by atoms with Gasteiger partial charge in [0.05, 0.1) is 6.67 Å². The second kappa shape index (κ2) is 5.11. The Bertz CT molecular complexity index is 188. The normalized spacial score (nSPS) is 14.1. The van der Waals surface area contributed by atoms with Crippen LogP contribution in [0.1, 0.15) is 13.3 Å². The number of carboxylic acid groups (broad SMARTS) is 1. The van der Waals surface area contributed by atoms with Crippen molar-refractivity contribution in [3.05, 3.63) is 0 Å². The highest BCUT2D eigenvalue weighted by Gasteiger charge is 2.17. The molecule has 0 aliphatic carbocycles. The first kappa shape index (κ1) is 10.4. The van der Waals surface area contributed by atoms with E-state index in [2.05, 4.69) is 10.6 Å². The number of carbonyl (C=O) groups excluding carboxylic acids is 2. The second-order valence-corrected chi connectivity index (χ2v) is 1.94. The zero-order valence-electron chi connectivity index (χ0n) is 6.59. The van der Waals surface area contributed by atoms with Crippen LogP contribution < -0.4 is 10.6 Å². The Morgan fingerprint density at radius 2 is 1.75 bits per heavy atom. The monoisotopic (exact) mass is 174 g/mol. The molecule has 1 fully saturated rings. The summed E-state index contributed by atoms with van der Waals surface area (Å²) < 4.78 is 0. The van der Waals surface area contributed by atoms with Crippen molar-refractivity contribution in [2.24, 2.45) is 0 Å². The van der Waals surface area contributed by atoms with Gasteiger partial charge < -0.3 is 15.7 Å². The van der Waals surface area contributed by atoms with Crippen molar-refractivity contribution in [1.29, 1.82) is 0 Å². The molecule has 2 amide bonds. The lowest BCUT2D eigenvalue weighted by atomic mass is 10.5. The van der Waals surface area contributed by atoms with Crippen LogP contribution in [0.15, 0.2) is 0 Å². The Morgan fingerprint density at radius 1 is 1.42 bits per heavy atom. The molecular weight excluding hydrogens is 164 g/mol. The fourth-order valence-corrected chi connectivity index (χ4v) is 0.365. The van der Waals surface area contributed by atoms with Crippen molar-refractivity contribution in [3.8, 4) is 0 Å². The molecule has 0 saturated carbocycles. The van der Waals surface area contributed by atoms with E-state index >= 15 is 0 Å². The maximum Gasteiger partial charge on any atom is 0.310 e. The maximum absolute atomic E-state index is 10.1. The minimum Gasteiger partial charge on any atom is -0.481 e. The van der Waals surface area contributed by atoms with E-state index in [1.165, 1.54) is 0 Å². The molecule has 6 nitrogen and oxygen atoms in total. The first-order valence-corrected chi connectivity index (χ1v) is 3.35. The molecule has 0 atom stereocenters. The molecule has 3 N–H and O–H groups in total. The van der Waals surface area contributed by atoms with Crippen LogP contribution in [0, 0.1) is 0 Å². The van der Waals surface area contributed by atoms with Gasteiger partial charge in [-0.05, 0) is 0 Å². The number of hydrogen-bond donors (Lipinski definition) is 3. The number of nitrogens with one attached hydrogen (secondary N) is 2. The molecule has 68 valence electrons. The SMILES string of the molecule is CCC(=O)O.O=C1NCNC1=O. The molecule has 6 heteroatoms. The van der Waals surface area contributed by atoms with Crippen LogP contribution in [0.3, 0.4) is 0 Å². The minimum absolute atomic E-state index is 0.222. The fraction of sp³-hybridized carbons (Fsp3) is 0.500. The Balaban J connectivity index is 0.000000217. The van der Waals surface area contributed by atoms with Crippen LogP contribution in [0.5, 0.6) is 0 Å². The number of carbonyl (C=O) groups is 3. The standard InChI is InChI=1S/C3H4N2O2.C3H6O2/c6-2-3(7)5-1-4-2;1-2-3(4)5/h1H2,(H,4,6)(H,5,7);2H2,1H3,(H,4,5). The van der Waals surface area contributed by atoms with Crippen LogP contribution >= 0.6 is 0 Å². The third kappa shape index (κ3) is 4.26. The van der Waals surface area contributed by atoms with Crippen molar-refractivity contribution < 1.29 is 19.5 Å². The molecule has 0 aromatic carbocycles. The number of rotatable bonds is 1. The van der Waals surface area contributed by atoms with Crippen LogP contribution in [-0.4, -0.2) is 29.6 Å². The van der Waals surface area contributed by atoms with E-state index in [1.54, 1.807) is 6.92 Å². The number of aliphatic carboxylic acids is 1. The number of hydrogen-bond acceptors (Lipinski definition) is 3. The summed E-state index contributed by atoms with van der Waals surface area (Å²) >= 11 is 0. The van der Waals surface area contributed by atoms with Gasteiger partial charge in [0.25, 0.3) is 0 Å². The van der Waals surface area contributed by atoms with Crippen molar-refractivity contribution >= 4 is 17.8 Å².